The Kier molecular flexibility index (Phi) is 5.39. The van der Waals surface area contributed by atoms with Gasteiger partial charge in [0.1, 0.15) is 0 Å². The van der Waals surface area contributed by atoms with Crippen molar-refractivity contribution in [1.82, 2.24) is 9.88 Å². The molecule has 1 amide bonds. The number of nitrogens with one attached hydrogen (secondary N) is 1. The molecule has 0 aliphatic heterocycles. The van der Waals surface area contributed by atoms with Crippen LogP contribution >= 0.6 is 0 Å². The van der Waals surface area contributed by atoms with Crippen molar-refractivity contribution in [3.05, 3.63) is 36.0 Å². The Labute approximate surface area is 125 Å². The van der Waals surface area contributed by atoms with E-state index >= 15 is 0 Å². The van der Waals surface area contributed by atoms with Crippen LogP contribution in [-0.4, -0.2) is 40.1 Å². The van der Waals surface area contributed by atoms with Crippen molar-refractivity contribution >= 4 is 16.8 Å². The lowest BCUT2D eigenvalue weighted by atomic mass is 10.1. The Balaban J connectivity index is 2.18. The number of carbonyl (C=O) groups excluding carboxylic acids is 1. The summed E-state index contributed by atoms with van der Waals surface area (Å²) >= 11 is 0. The fraction of sp³-hybridized carbons (Fsp3) is 0.471. The van der Waals surface area contributed by atoms with Crippen LogP contribution in [0, 0.1) is 0 Å². The molecule has 4 heteroatoms. The lowest BCUT2D eigenvalue weighted by molar-refractivity contribution is -0.133. The van der Waals surface area contributed by atoms with Crippen LogP contribution in [0.3, 0.4) is 0 Å². The summed E-state index contributed by atoms with van der Waals surface area (Å²) in [6.07, 6.45) is 4.11. The standard InChI is InChI=1S/C17H24N2O2/c1-3-14(4-2)19(9-10-20)17(21)11-13-12-18-16-8-6-5-7-15(13)16/h5-8,12,14,18,20H,3-4,9-11H2,1-2H3. The molecular weight excluding hydrogens is 264 g/mol. The first-order chi connectivity index (χ1) is 10.2. The minimum atomic E-state index is 0.0100. The summed E-state index contributed by atoms with van der Waals surface area (Å²) in [6.45, 7) is 4.58. The number of aliphatic hydroxyl groups excluding tert-OH is 1. The Morgan fingerprint density at radius 3 is 2.67 bits per heavy atom. The Hall–Kier alpha value is -1.81. The highest BCUT2D eigenvalue weighted by molar-refractivity contribution is 5.89. The molecule has 0 atom stereocenters. The van der Waals surface area contributed by atoms with E-state index in [1.54, 1.807) is 0 Å². The number of benzene rings is 1. The third-order valence-corrected chi connectivity index (χ3v) is 4.06. The molecule has 2 N–H and O–H groups in total. The van der Waals surface area contributed by atoms with E-state index in [2.05, 4.69) is 18.8 Å². The summed E-state index contributed by atoms with van der Waals surface area (Å²) < 4.78 is 0. The highest BCUT2D eigenvalue weighted by Gasteiger charge is 2.21. The van der Waals surface area contributed by atoms with E-state index in [1.807, 2.05) is 35.4 Å². The average molecular weight is 288 g/mol. The number of hydrogen-bond acceptors (Lipinski definition) is 2. The average Bonchev–Trinajstić information content (AvgIpc) is 2.91. The number of aliphatic hydroxyl groups is 1. The molecule has 0 fully saturated rings. The van der Waals surface area contributed by atoms with Gasteiger partial charge in [0.05, 0.1) is 13.0 Å². The van der Waals surface area contributed by atoms with E-state index in [0.717, 1.165) is 29.3 Å². The number of para-hydroxylation sites is 1. The van der Waals surface area contributed by atoms with Crippen LogP contribution in [0.4, 0.5) is 0 Å². The van der Waals surface area contributed by atoms with Gasteiger partial charge in [-0.15, -0.1) is 0 Å². The van der Waals surface area contributed by atoms with E-state index in [4.69, 9.17) is 0 Å². The monoisotopic (exact) mass is 288 g/mol. The second-order valence-corrected chi connectivity index (χ2v) is 5.32. The first-order valence-electron chi connectivity index (χ1n) is 7.66. The third-order valence-electron chi connectivity index (χ3n) is 4.06. The topological polar surface area (TPSA) is 56.3 Å². The molecule has 1 heterocycles. The van der Waals surface area contributed by atoms with Crippen molar-refractivity contribution in [3.63, 3.8) is 0 Å². The molecule has 0 radical (unpaired) electrons. The van der Waals surface area contributed by atoms with Crippen LogP contribution in [0.15, 0.2) is 30.5 Å². The van der Waals surface area contributed by atoms with E-state index in [9.17, 15) is 9.90 Å². The van der Waals surface area contributed by atoms with Crippen molar-refractivity contribution in [2.45, 2.75) is 39.2 Å². The molecule has 114 valence electrons. The molecule has 4 nitrogen and oxygen atoms in total. The maximum Gasteiger partial charge on any atom is 0.227 e. The van der Waals surface area contributed by atoms with Crippen LogP contribution in [-0.2, 0) is 11.2 Å². The fourth-order valence-corrected chi connectivity index (χ4v) is 2.89. The van der Waals surface area contributed by atoms with E-state index in [-0.39, 0.29) is 18.6 Å². The quantitative estimate of drug-likeness (QED) is 0.823. The van der Waals surface area contributed by atoms with Crippen molar-refractivity contribution in [2.24, 2.45) is 0 Å². The molecule has 0 saturated carbocycles. The number of carbonyl (C=O) groups is 1. The van der Waals surface area contributed by atoms with Gasteiger partial charge in [0.25, 0.3) is 0 Å². The zero-order valence-corrected chi connectivity index (χ0v) is 12.8. The predicted octanol–water partition coefficient (Wildman–Crippen LogP) is 2.72. The fourth-order valence-electron chi connectivity index (χ4n) is 2.89. The zero-order valence-electron chi connectivity index (χ0n) is 12.8. The van der Waals surface area contributed by atoms with Gasteiger partial charge in [-0.25, -0.2) is 0 Å². The van der Waals surface area contributed by atoms with Gasteiger partial charge in [0.2, 0.25) is 5.91 Å². The summed E-state index contributed by atoms with van der Waals surface area (Å²) in [5.74, 6) is 0.0857. The van der Waals surface area contributed by atoms with Crippen molar-refractivity contribution < 1.29 is 9.90 Å². The molecule has 2 rings (SSSR count). The van der Waals surface area contributed by atoms with Gasteiger partial charge in [-0.3, -0.25) is 4.79 Å². The molecule has 0 aliphatic rings. The third kappa shape index (κ3) is 3.45. The smallest absolute Gasteiger partial charge is 0.227 e. The minimum absolute atomic E-state index is 0.0100. The highest BCUT2D eigenvalue weighted by Crippen LogP contribution is 2.19. The summed E-state index contributed by atoms with van der Waals surface area (Å²) in [5, 5.41) is 10.3. The number of amides is 1. The summed E-state index contributed by atoms with van der Waals surface area (Å²) in [5.41, 5.74) is 2.07. The number of rotatable bonds is 7. The summed E-state index contributed by atoms with van der Waals surface area (Å²) in [7, 11) is 0. The van der Waals surface area contributed by atoms with E-state index in [1.165, 1.54) is 0 Å². The van der Waals surface area contributed by atoms with Crippen LogP contribution < -0.4 is 0 Å². The molecular formula is C17H24N2O2. The number of fused-ring (bicyclic) bond motifs is 1. The summed E-state index contributed by atoms with van der Waals surface area (Å²) in [6, 6.07) is 8.20. The van der Waals surface area contributed by atoms with Gasteiger partial charge < -0.3 is 15.0 Å². The SMILES string of the molecule is CCC(CC)N(CCO)C(=O)Cc1c[nH]c2ccccc12. The normalized spacial score (nSPS) is 11.2. The minimum Gasteiger partial charge on any atom is -0.395 e. The van der Waals surface area contributed by atoms with Gasteiger partial charge in [-0.05, 0) is 24.5 Å². The van der Waals surface area contributed by atoms with Crippen LogP contribution in [0.5, 0.6) is 0 Å². The van der Waals surface area contributed by atoms with E-state index < -0.39 is 0 Å². The van der Waals surface area contributed by atoms with Gasteiger partial charge in [-0.2, -0.15) is 0 Å². The first-order valence-corrected chi connectivity index (χ1v) is 7.66. The van der Waals surface area contributed by atoms with E-state index in [0.29, 0.717) is 13.0 Å². The largest absolute Gasteiger partial charge is 0.395 e. The second-order valence-electron chi connectivity index (χ2n) is 5.32. The highest BCUT2D eigenvalue weighted by atomic mass is 16.3. The number of nitrogens with zero attached hydrogens (tertiary/aromatic N) is 1. The Morgan fingerprint density at radius 2 is 2.00 bits per heavy atom. The Morgan fingerprint density at radius 1 is 1.29 bits per heavy atom. The van der Waals surface area contributed by atoms with Crippen molar-refractivity contribution in [2.75, 3.05) is 13.2 Å². The molecule has 0 spiro atoms. The maximum absolute atomic E-state index is 12.6. The van der Waals surface area contributed by atoms with Crippen molar-refractivity contribution in [3.8, 4) is 0 Å². The number of H-pyrrole nitrogens is 1. The number of aromatic amines is 1. The van der Waals surface area contributed by atoms with Gasteiger partial charge in [0, 0.05) is 29.7 Å². The van der Waals surface area contributed by atoms with Gasteiger partial charge in [0.15, 0.2) is 0 Å². The molecule has 2 aromatic rings. The molecule has 21 heavy (non-hydrogen) atoms. The number of hydrogen-bond donors (Lipinski definition) is 2. The lowest BCUT2D eigenvalue weighted by Crippen LogP contribution is -2.42. The zero-order chi connectivity index (χ0) is 15.2. The van der Waals surface area contributed by atoms with Crippen molar-refractivity contribution in [1.29, 1.82) is 0 Å². The van der Waals surface area contributed by atoms with Crippen LogP contribution in [0.2, 0.25) is 0 Å². The number of aromatic nitrogens is 1. The first kappa shape index (κ1) is 15.6. The maximum atomic E-state index is 12.6. The van der Waals surface area contributed by atoms with Crippen LogP contribution in [0.25, 0.3) is 10.9 Å². The van der Waals surface area contributed by atoms with Gasteiger partial charge >= 0.3 is 0 Å². The molecule has 1 aromatic carbocycles. The molecule has 1 aromatic heterocycles. The lowest BCUT2D eigenvalue weighted by Gasteiger charge is -2.30. The molecule has 0 aliphatic carbocycles. The Bertz CT molecular complexity index is 587. The predicted molar refractivity (Wildman–Crippen MR) is 85.2 cm³/mol. The van der Waals surface area contributed by atoms with Gasteiger partial charge in [-0.1, -0.05) is 32.0 Å². The second kappa shape index (κ2) is 7.27. The molecule has 0 saturated heterocycles. The molecule has 0 bridgehead atoms. The summed E-state index contributed by atoms with van der Waals surface area (Å²) in [4.78, 5) is 17.6. The van der Waals surface area contributed by atoms with Crippen LogP contribution in [0.1, 0.15) is 32.3 Å². The molecule has 0 unspecified atom stereocenters.